The van der Waals surface area contributed by atoms with Crippen LogP contribution in [0, 0.1) is 10.1 Å². The van der Waals surface area contributed by atoms with Gasteiger partial charge in [-0.1, -0.05) is 0 Å². The number of methoxy groups -OCH3 is 1. The Morgan fingerprint density at radius 2 is 2.15 bits per heavy atom. The Labute approximate surface area is 116 Å². The second-order valence-electron chi connectivity index (χ2n) is 4.27. The van der Waals surface area contributed by atoms with Crippen molar-refractivity contribution < 1.29 is 19.2 Å². The molecule has 0 aliphatic carbocycles. The van der Waals surface area contributed by atoms with Gasteiger partial charge in [0.05, 0.1) is 30.3 Å². The van der Waals surface area contributed by atoms with Gasteiger partial charge in [-0.3, -0.25) is 10.1 Å². The number of unbranched alkanes of at least 4 members (excludes halogenated alkanes) is 1. The van der Waals surface area contributed by atoms with Crippen LogP contribution in [0.25, 0.3) is 0 Å². The summed E-state index contributed by atoms with van der Waals surface area (Å²) < 4.78 is 10.6. The van der Waals surface area contributed by atoms with Gasteiger partial charge in [0.2, 0.25) is 0 Å². The second kappa shape index (κ2) is 7.44. The lowest BCUT2D eigenvalue weighted by atomic mass is 10.1. The normalized spacial score (nSPS) is 11.8. The SMILES string of the molecule is COc1cc(C(C)N)c([N+](=O)[O-])cc1OCCCC=O. The summed E-state index contributed by atoms with van der Waals surface area (Å²) in [4.78, 5) is 20.8. The van der Waals surface area contributed by atoms with E-state index in [1.54, 1.807) is 6.92 Å². The molecular formula is C13H18N2O5. The van der Waals surface area contributed by atoms with Gasteiger partial charge in [0, 0.05) is 12.5 Å². The Bertz CT molecular complexity index is 488. The zero-order valence-corrected chi connectivity index (χ0v) is 11.5. The standard InChI is InChI=1S/C13H18N2O5/c1-9(14)10-7-12(19-2)13(8-11(10)15(17)18)20-6-4-3-5-16/h5,7-9H,3-4,6,14H2,1-2H3. The molecule has 0 aliphatic rings. The molecule has 0 aromatic heterocycles. The molecule has 7 heteroatoms. The highest BCUT2D eigenvalue weighted by molar-refractivity contribution is 5.55. The number of nitro benzene ring substituents is 1. The number of aldehydes is 1. The number of rotatable bonds is 8. The molecule has 0 bridgehead atoms. The molecule has 20 heavy (non-hydrogen) atoms. The van der Waals surface area contributed by atoms with E-state index in [2.05, 4.69) is 0 Å². The van der Waals surface area contributed by atoms with E-state index >= 15 is 0 Å². The molecule has 1 atom stereocenters. The Balaban J connectivity index is 3.06. The van der Waals surface area contributed by atoms with Crippen LogP contribution in [0.15, 0.2) is 12.1 Å². The molecule has 0 aliphatic heterocycles. The first-order chi connectivity index (χ1) is 9.51. The molecule has 1 aromatic carbocycles. The van der Waals surface area contributed by atoms with Gasteiger partial charge in [-0.05, 0) is 19.4 Å². The molecule has 110 valence electrons. The number of hydrogen-bond acceptors (Lipinski definition) is 6. The van der Waals surface area contributed by atoms with Crippen LogP contribution in [-0.4, -0.2) is 24.9 Å². The average molecular weight is 282 g/mol. The van der Waals surface area contributed by atoms with Crippen LogP contribution in [-0.2, 0) is 4.79 Å². The summed E-state index contributed by atoms with van der Waals surface area (Å²) in [6, 6.07) is 2.32. The number of benzene rings is 1. The average Bonchev–Trinajstić information content (AvgIpc) is 2.42. The summed E-state index contributed by atoms with van der Waals surface area (Å²) >= 11 is 0. The molecule has 0 heterocycles. The Morgan fingerprint density at radius 3 is 2.65 bits per heavy atom. The lowest BCUT2D eigenvalue weighted by molar-refractivity contribution is -0.385. The van der Waals surface area contributed by atoms with E-state index in [0.717, 1.165) is 6.29 Å². The van der Waals surface area contributed by atoms with E-state index in [1.807, 2.05) is 0 Å². The quantitative estimate of drug-likeness (QED) is 0.338. The number of carbonyl (C=O) groups excluding carboxylic acids is 1. The van der Waals surface area contributed by atoms with Crippen LogP contribution in [0.2, 0.25) is 0 Å². The first kappa shape index (κ1) is 15.9. The van der Waals surface area contributed by atoms with E-state index in [-0.39, 0.29) is 18.0 Å². The number of hydrogen-bond donors (Lipinski definition) is 1. The van der Waals surface area contributed by atoms with Gasteiger partial charge >= 0.3 is 0 Å². The van der Waals surface area contributed by atoms with E-state index in [1.165, 1.54) is 19.2 Å². The molecule has 2 N–H and O–H groups in total. The van der Waals surface area contributed by atoms with Crippen LogP contribution in [0.3, 0.4) is 0 Å². The first-order valence-corrected chi connectivity index (χ1v) is 6.19. The van der Waals surface area contributed by atoms with E-state index < -0.39 is 11.0 Å². The van der Waals surface area contributed by atoms with Gasteiger partial charge in [0.15, 0.2) is 11.5 Å². The van der Waals surface area contributed by atoms with Gasteiger partial charge in [-0.2, -0.15) is 0 Å². The van der Waals surface area contributed by atoms with Crippen molar-refractivity contribution >= 4 is 12.0 Å². The summed E-state index contributed by atoms with van der Waals surface area (Å²) in [5.41, 5.74) is 6.00. The topological polar surface area (TPSA) is 105 Å². The molecule has 0 saturated carbocycles. The van der Waals surface area contributed by atoms with Crippen molar-refractivity contribution in [2.75, 3.05) is 13.7 Å². The minimum absolute atomic E-state index is 0.105. The molecule has 1 unspecified atom stereocenters. The molecule has 1 rings (SSSR count). The van der Waals surface area contributed by atoms with Crippen molar-refractivity contribution in [2.45, 2.75) is 25.8 Å². The monoisotopic (exact) mass is 282 g/mol. The fourth-order valence-corrected chi connectivity index (χ4v) is 1.71. The van der Waals surface area contributed by atoms with Crippen LogP contribution in [0.4, 0.5) is 5.69 Å². The van der Waals surface area contributed by atoms with Gasteiger partial charge in [0.1, 0.15) is 6.29 Å². The summed E-state index contributed by atoms with van der Waals surface area (Å²) in [7, 11) is 1.45. The smallest absolute Gasteiger partial charge is 0.278 e. The third-order valence-electron chi connectivity index (χ3n) is 2.72. The van der Waals surface area contributed by atoms with Crippen LogP contribution >= 0.6 is 0 Å². The van der Waals surface area contributed by atoms with Gasteiger partial charge < -0.3 is 20.0 Å². The molecule has 0 amide bonds. The van der Waals surface area contributed by atoms with Gasteiger partial charge in [-0.25, -0.2) is 0 Å². The molecule has 1 aromatic rings. The Morgan fingerprint density at radius 1 is 1.45 bits per heavy atom. The summed E-state index contributed by atoms with van der Waals surface area (Å²) in [6.45, 7) is 1.94. The van der Waals surface area contributed by atoms with Crippen molar-refractivity contribution in [3.8, 4) is 11.5 Å². The lowest BCUT2D eigenvalue weighted by Gasteiger charge is -2.14. The lowest BCUT2D eigenvalue weighted by Crippen LogP contribution is -2.09. The molecule has 0 saturated heterocycles. The second-order valence-corrected chi connectivity index (χ2v) is 4.27. The number of nitrogens with zero attached hydrogens (tertiary/aromatic N) is 1. The van der Waals surface area contributed by atoms with Crippen molar-refractivity contribution in [2.24, 2.45) is 5.73 Å². The van der Waals surface area contributed by atoms with Crippen LogP contribution in [0.1, 0.15) is 31.4 Å². The maximum atomic E-state index is 11.1. The zero-order chi connectivity index (χ0) is 15.1. The third kappa shape index (κ3) is 3.92. The number of nitro groups is 1. The van der Waals surface area contributed by atoms with Crippen LogP contribution < -0.4 is 15.2 Å². The highest BCUT2D eigenvalue weighted by atomic mass is 16.6. The summed E-state index contributed by atoms with van der Waals surface area (Å²) in [6.07, 6.45) is 1.71. The minimum Gasteiger partial charge on any atom is -0.493 e. The van der Waals surface area contributed by atoms with Gasteiger partial charge in [-0.15, -0.1) is 0 Å². The number of carbonyl (C=O) groups is 1. The number of ether oxygens (including phenoxy) is 2. The largest absolute Gasteiger partial charge is 0.493 e. The maximum absolute atomic E-state index is 11.1. The highest BCUT2D eigenvalue weighted by Gasteiger charge is 2.21. The molecule has 7 nitrogen and oxygen atoms in total. The Hall–Kier alpha value is -2.15. The fourth-order valence-electron chi connectivity index (χ4n) is 1.71. The zero-order valence-electron chi connectivity index (χ0n) is 11.5. The Kier molecular flexibility index (Phi) is 5.92. The van der Waals surface area contributed by atoms with Crippen molar-refractivity contribution in [1.82, 2.24) is 0 Å². The predicted molar refractivity (Wildman–Crippen MR) is 73.0 cm³/mol. The predicted octanol–water partition coefficient (Wildman–Crippen LogP) is 1.98. The maximum Gasteiger partial charge on any atom is 0.278 e. The van der Waals surface area contributed by atoms with Crippen molar-refractivity contribution in [3.05, 3.63) is 27.8 Å². The summed E-state index contributed by atoms with van der Waals surface area (Å²) in [5, 5.41) is 11.1. The highest BCUT2D eigenvalue weighted by Crippen LogP contribution is 2.36. The fraction of sp³-hybridized carbons (Fsp3) is 0.462. The third-order valence-corrected chi connectivity index (χ3v) is 2.72. The van der Waals surface area contributed by atoms with E-state index in [9.17, 15) is 14.9 Å². The molecule has 0 radical (unpaired) electrons. The summed E-state index contributed by atoms with van der Waals surface area (Å²) in [5.74, 6) is 0.656. The first-order valence-electron chi connectivity index (χ1n) is 6.19. The van der Waals surface area contributed by atoms with Crippen LogP contribution in [0.5, 0.6) is 11.5 Å². The number of nitrogens with two attached hydrogens (primary N) is 1. The van der Waals surface area contributed by atoms with Crippen molar-refractivity contribution in [3.63, 3.8) is 0 Å². The van der Waals surface area contributed by atoms with E-state index in [4.69, 9.17) is 15.2 Å². The van der Waals surface area contributed by atoms with Gasteiger partial charge in [0.25, 0.3) is 5.69 Å². The van der Waals surface area contributed by atoms with E-state index in [0.29, 0.717) is 24.2 Å². The van der Waals surface area contributed by atoms with Crippen molar-refractivity contribution in [1.29, 1.82) is 0 Å². The molecular weight excluding hydrogens is 264 g/mol. The molecule has 0 spiro atoms. The molecule has 0 fully saturated rings. The minimum atomic E-state index is -0.504.